The molecule has 3 rings (SSSR count). The standard InChI is InChI=1S/C13H14BrN3O2/c1-10-2-3-11(6-12(10)14)13(18-4-5-19-13)7-17-9-15-8-16-17/h2-3,6,8-9H,4-5,7H2,1H3. The Morgan fingerprint density at radius 2 is 2.16 bits per heavy atom. The van der Waals surface area contributed by atoms with Crippen LogP contribution in [0.25, 0.3) is 0 Å². The predicted molar refractivity (Wildman–Crippen MR) is 72.5 cm³/mol. The van der Waals surface area contributed by atoms with Crippen LogP contribution >= 0.6 is 15.9 Å². The van der Waals surface area contributed by atoms with Crippen molar-refractivity contribution in [3.8, 4) is 0 Å². The van der Waals surface area contributed by atoms with Crippen LogP contribution in [0.1, 0.15) is 11.1 Å². The van der Waals surface area contributed by atoms with Gasteiger partial charge in [-0.05, 0) is 18.6 Å². The molecule has 6 heteroatoms. The lowest BCUT2D eigenvalue weighted by Gasteiger charge is -2.28. The maximum Gasteiger partial charge on any atom is 0.215 e. The van der Waals surface area contributed by atoms with E-state index in [0.29, 0.717) is 19.8 Å². The first-order valence-electron chi connectivity index (χ1n) is 6.07. The van der Waals surface area contributed by atoms with Gasteiger partial charge >= 0.3 is 0 Å². The van der Waals surface area contributed by atoms with Crippen LogP contribution in [0.3, 0.4) is 0 Å². The molecule has 2 heterocycles. The molecule has 1 aliphatic rings. The minimum absolute atomic E-state index is 0.489. The molecule has 19 heavy (non-hydrogen) atoms. The van der Waals surface area contributed by atoms with E-state index in [1.807, 2.05) is 25.1 Å². The highest BCUT2D eigenvalue weighted by molar-refractivity contribution is 9.10. The van der Waals surface area contributed by atoms with Crippen molar-refractivity contribution in [1.82, 2.24) is 14.8 Å². The molecule has 0 bridgehead atoms. The van der Waals surface area contributed by atoms with Gasteiger partial charge in [0.15, 0.2) is 0 Å². The molecule has 0 amide bonds. The summed E-state index contributed by atoms with van der Waals surface area (Å²) >= 11 is 3.55. The highest BCUT2D eigenvalue weighted by Crippen LogP contribution is 2.35. The molecule has 1 fully saturated rings. The lowest BCUT2D eigenvalue weighted by molar-refractivity contribution is -0.177. The van der Waals surface area contributed by atoms with Crippen LogP contribution in [0, 0.1) is 6.92 Å². The quantitative estimate of drug-likeness (QED) is 0.869. The van der Waals surface area contributed by atoms with Crippen molar-refractivity contribution in [2.75, 3.05) is 13.2 Å². The third-order valence-corrected chi connectivity index (χ3v) is 4.06. The van der Waals surface area contributed by atoms with Gasteiger partial charge in [0.25, 0.3) is 0 Å². The van der Waals surface area contributed by atoms with Gasteiger partial charge < -0.3 is 9.47 Å². The summed E-state index contributed by atoms with van der Waals surface area (Å²) in [4.78, 5) is 3.95. The molecule has 1 aromatic carbocycles. The Morgan fingerprint density at radius 3 is 2.79 bits per heavy atom. The predicted octanol–water partition coefficient (Wildman–Crippen LogP) is 2.25. The van der Waals surface area contributed by atoms with E-state index < -0.39 is 5.79 Å². The van der Waals surface area contributed by atoms with E-state index in [0.717, 1.165) is 10.0 Å². The third-order valence-electron chi connectivity index (χ3n) is 3.20. The number of benzene rings is 1. The van der Waals surface area contributed by atoms with Crippen LogP contribution in [0.4, 0.5) is 0 Å². The maximum atomic E-state index is 5.86. The summed E-state index contributed by atoms with van der Waals surface area (Å²) in [6.07, 6.45) is 3.17. The van der Waals surface area contributed by atoms with Gasteiger partial charge in [-0.2, -0.15) is 5.10 Å². The van der Waals surface area contributed by atoms with E-state index in [9.17, 15) is 0 Å². The molecule has 0 saturated carbocycles. The van der Waals surface area contributed by atoms with Gasteiger partial charge in [0.1, 0.15) is 19.2 Å². The van der Waals surface area contributed by atoms with Crippen molar-refractivity contribution in [2.45, 2.75) is 19.3 Å². The van der Waals surface area contributed by atoms with Crippen LogP contribution in [0.5, 0.6) is 0 Å². The molecular weight excluding hydrogens is 310 g/mol. The highest BCUT2D eigenvalue weighted by atomic mass is 79.9. The molecule has 0 unspecified atom stereocenters. The number of halogens is 1. The van der Waals surface area contributed by atoms with E-state index in [2.05, 4.69) is 26.0 Å². The monoisotopic (exact) mass is 323 g/mol. The van der Waals surface area contributed by atoms with E-state index in [1.165, 1.54) is 11.9 Å². The number of hydrogen-bond donors (Lipinski definition) is 0. The van der Waals surface area contributed by atoms with Crippen molar-refractivity contribution >= 4 is 15.9 Å². The maximum absolute atomic E-state index is 5.86. The zero-order valence-corrected chi connectivity index (χ0v) is 12.1. The Bertz CT molecular complexity index is 565. The van der Waals surface area contributed by atoms with Gasteiger partial charge in [0.2, 0.25) is 5.79 Å². The summed E-state index contributed by atoms with van der Waals surface area (Å²) in [7, 11) is 0. The average Bonchev–Trinajstić information content (AvgIpc) is 3.05. The van der Waals surface area contributed by atoms with Crippen molar-refractivity contribution in [3.63, 3.8) is 0 Å². The first-order valence-corrected chi connectivity index (χ1v) is 6.86. The van der Waals surface area contributed by atoms with Crippen molar-refractivity contribution in [2.24, 2.45) is 0 Å². The molecule has 0 aliphatic carbocycles. The Kier molecular flexibility index (Phi) is 3.38. The van der Waals surface area contributed by atoms with Gasteiger partial charge in [-0.1, -0.05) is 28.1 Å². The zero-order valence-electron chi connectivity index (χ0n) is 10.5. The van der Waals surface area contributed by atoms with Crippen molar-refractivity contribution in [1.29, 1.82) is 0 Å². The van der Waals surface area contributed by atoms with E-state index in [1.54, 1.807) is 11.0 Å². The van der Waals surface area contributed by atoms with Crippen LogP contribution in [0.2, 0.25) is 0 Å². The number of aromatic nitrogens is 3. The molecule has 100 valence electrons. The number of rotatable bonds is 3. The molecule has 5 nitrogen and oxygen atoms in total. The summed E-state index contributed by atoms with van der Waals surface area (Å²) in [6, 6.07) is 6.12. The van der Waals surface area contributed by atoms with E-state index in [4.69, 9.17) is 9.47 Å². The Balaban J connectivity index is 1.97. The Hall–Kier alpha value is -1.24. The lowest BCUT2D eigenvalue weighted by atomic mass is 10.0. The van der Waals surface area contributed by atoms with Crippen LogP contribution < -0.4 is 0 Å². The normalized spacial score (nSPS) is 17.8. The number of ether oxygens (including phenoxy) is 2. The highest BCUT2D eigenvalue weighted by Gasteiger charge is 2.39. The molecule has 1 aromatic heterocycles. The fourth-order valence-electron chi connectivity index (χ4n) is 2.16. The third kappa shape index (κ3) is 2.43. The second kappa shape index (κ2) is 5.03. The minimum atomic E-state index is -0.774. The zero-order chi connectivity index (χ0) is 13.3. The first-order chi connectivity index (χ1) is 9.20. The minimum Gasteiger partial charge on any atom is -0.342 e. The molecule has 0 N–H and O–H groups in total. The molecule has 2 aromatic rings. The topological polar surface area (TPSA) is 49.2 Å². The summed E-state index contributed by atoms with van der Waals surface area (Å²) in [5.41, 5.74) is 2.16. The summed E-state index contributed by atoms with van der Waals surface area (Å²) in [5, 5.41) is 4.12. The van der Waals surface area contributed by atoms with Gasteiger partial charge in [-0.15, -0.1) is 0 Å². The molecular formula is C13H14BrN3O2. The van der Waals surface area contributed by atoms with Gasteiger partial charge in [0.05, 0.1) is 13.2 Å². The molecule has 0 radical (unpaired) electrons. The molecule has 1 aliphatic heterocycles. The summed E-state index contributed by atoms with van der Waals surface area (Å²) < 4.78 is 14.5. The SMILES string of the molecule is Cc1ccc(C2(Cn3cncn3)OCCO2)cc1Br. The average molecular weight is 324 g/mol. The van der Waals surface area contributed by atoms with Gasteiger partial charge in [-0.25, -0.2) is 9.67 Å². The number of aryl methyl sites for hydroxylation is 1. The van der Waals surface area contributed by atoms with Crippen LogP contribution in [-0.4, -0.2) is 28.0 Å². The fourth-order valence-corrected chi connectivity index (χ4v) is 2.54. The number of nitrogens with zero attached hydrogens (tertiary/aromatic N) is 3. The second-order valence-electron chi connectivity index (χ2n) is 4.51. The number of hydrogen-bond acceptors (Lipinski definition) is 4. The molecule has 1 saturated heterocycles. The molecule has 0 atom stereocenters. The summed E-state index contributed by atoms with van der Waals surface area (Å²) in [5.74, 6) is -0.774. The molecule has 0 spiro atoms. The van der Waals surface area contributed by atoms with Gasteiger partial charge in [0, 0.05) is 10.0 Å². The Labute approximate surface area is 119 Å². The van der Waals surface area contributed by atoms with Crippen molar-refractivity contribution < 1.29 is 9.47 Å². The van der Waals surface area contributed by atoms with Gasteiger partial charge in [-0.3, -0.25) is 0 Å². The lowest BCUT2D eigenvalue weighted by Crippen LogP contribution is -2.33. The van der Waals surface area contributed by atoms with E-state index in [-0.39, 0.29) is 0 Å². The fraction of sp³-hybridized carbons (Fsp3) is 0.385. The largest absolute Gasteiger partial charge is 0.342 e. The van der Waals surface area contributed by atoms with Crippen LogP contribution in [-0.2, 0) is 21.8 Å². The first kappa shape index (κ1) is 12.8. The second-order valence-corrected chi connectivity index (χ2v) is 5.36. The van der Waals surface area contributed by atoms with E-state index >= 15 is 0 Å². The van der Waals surface area contributed by atoms with Crippen LogP contribution in [0.15, 0.2) is 35.3 Å². The smallest absolute Gasteiger partial charge is 0.215 e. The van der Waals surface area contributed by atoms with Crippen molar-refractivity contribution in [3.05, 3.63) is 46.5 Å². The Morgan fingerprint density at radius 1 is 1.37 bits per heavy atom. The summed E-state index contributed by atoms with van der Waals surface area (Å²) in [6.45, 7) is 3.71.